The van der Waals surface area contributed by atoms with E-state index in [-0.39, 0.29) is 11.8 Å². The number of anilines is 1. The third-order valence-corrected chi connectivity index (χ3v) is 3.80. The van der Waals surface area contributed by atoms with E-state index < -0.39 is 0 Å². The summed E-state index contributed by atoms with van der Waals surface area (Å²) >= 11 is 0. The molecule has 3 rings (SSSR count). The van der Waals surface area contributed by atoms with Crippen molar-refractivity contribution in [2.75, 3.05) is 24.5 Å². The molecule has 22 heavy (non-hydrogen) atoms. The van der Waals surface area contributed by atoms with Crippen molar-refractivity contribution in [2.24, 2.45) is 0 Å². The normalized spacial score (nSPS) is 14.9. The van der Waals surface area contributed by atoms with Crippen LogP contribution in [-0.4, -0.2) is 35.7 Å². The van der Waals surface area contributed by atoms with Crippen LogP contribution in [-0.2, 0) is 0 Å². The molecule has 1 fully saturated rings. The van der Waals surface area contributed by atoms with E-state index in [2.05, 4.69) is 32.5 Å². The van der Waals surface area contributed by atoms with Gasteiger partial charge in [-0.2, -0.15) is 4.98 Å². The predicted octanol–water partition coefficient (Wildman–Crippen LogP) is 2.48. The number of hydrogen-bond donors (Lipinski definition) is 1. The maximum absolute atomic E-state index is 11.6. The Hall–Kier alpha value is -2.37. The van der Waals surface area contributed by atoms with Crippen LogP contribution in [0.1, 0.15) is 36.9 Å². The topological polar surface area (TPSA) is 71.3 Å². The Bertz CT molecular complexity index is 630. The molecule has 0 spiro atoms. The Kier molecular flexibility index (Phi) is 4.37. The third kappa shape index (κ3) is 3.10. The minimum Gasteiger partial charge on any atom is -0.372 e. The van der Waals surface area contributed by atoms with Gasteiger partial charge in [-0.1, -0.05) is 5.16 Å². The zero-order chi connectivity index (χ0) is 15.4. The fraction of sp³-hybridized carbons (Fsp3) is 0.438. The molecule has 1 aromatic carbocycles. The lowest BCUT2D eigenvalue weighted by molar-refractivity contribution is 0.0912. The number of piperidine rings is 1. The summed E-state index contributed by atoms with van der Waals surface area (Å²) in [6.45, 7) is 4.60. The first-order chi connectivity index (χ1) is 10.8. The number of aromatic nitrogens is 2. The predicted molar refractivity (Wildman–Crippen MR) is 83.8 cm³/mol. The van der Waals surface area contributed by atoms with Crippen LogP contribution in [0.25, 0.3) is 11.4 Å². The molecule has 0 atom stereocenters. The molecule has 0 unspecified atom stereocenters. The zero-order valence-corrected chi connectivity index (χ0v) is 12.7. The van der Waals surface area contributed by atoms with Crippen molar-refractivity contribution in [1.29, 1.82) is 0 Å². The highest BCUT2D eigenvalue weighted by atomic mass is 16.5. The monoisotopic (exact) mass is 300 g/mol. The highest BCUT2D eigenvalue weighted by Gasteiger charge is 2.16. The van der Waals surface area contributed by atoms with E-state index in [9.17, 15) is 4.79 Å². The molecule has 6 heteroatoms. The summed E-state index contributed by atoms with van der Waals surface area (Å²) in [6.07, 6.45) is 3.82. The van der Waals surface area contributed by atoms with Crippen LogP contribution in [0, 0.1) is 0 Å². The molecule has 0 bridgehead atoms. The van der Waals surface area contributed by atoms with Gasteiger partial charge in [0.05, 0.1) is 0 Å². The van der Waals surface area contributed by atoms with Gasteiger partial charge in [-0.25, -0.2) is 0 Å². The standard InChI is InChI=1S/C16H20N4O2/c1-2-17-15(21)16-18-14(19-22-16)12-6-8-13(9-7-12)20-10-4-3-5-11-20/h6-9H,2-5,10-11H2,1H3,(H,17,21). The van der Waals surface area contributed by atoms with E-state index in [1.165, 1.54) is 24.9 Å². The molecule has 0 radical (unpaired) electrons. The van der Waals surface area contributed by atoms with E-state index in [1.54, 1.807) is 0 Å². The zero-order valence-electron chi connectivity index (χ0n) is 12.7. The molecule has 1 N–H and O–H groups in total. The van der Waals surface area contributed by atoms with Crippen molar-refractivity contribution in [3.05, 3.63) is 30.2 Å². The first-order valence-corrected chi connectivity index (χ1v) is 7.75. The van der Waals surface area contributed by atoms with Crippen molar-refractivity contribution in [2.45, 2.75) is 26.2 Å². The van der Waals surface area contributed by atoms with Crippen LogP contribution >= 0.6 is 0 Å². The van der Waals surface area contributed by atoms with Gasteiger partial charge >= 0.3 is 11.8 Å². The smallest absolute Gasteiger partial charge is 0.316 e. The number of amides is 1. The molecule has 1 aromatic heterocycles. The maximum Gasteiger partial charge on any atom is 0.316 e. The van der Waals surface area contributed by atoms with Crippen LogP contribution < -0.4 is 10.2 Å². The largest absolute Gasteiger partial charge is 0.372 e. The second-order valence-corrected chi connectivity index (χ2v) is 5.38. The quantitative estimate of drug-likeness (QED) is 0.939. The highest BCUT2D eigenvalue weighted by molar-refractivity contribution is 5.89. The minimum atomic E-state index is -0.341. The molecule has 1 aliphatic rings. The number of hydrogen-bond acceptors (Lipinski definition) is 5. The van der Waals surface area contributed by atoms with Crippen molar-refractivity contribution in [3.63, 3.8) is 0 Å². The fourth-order valence-corrected chi connectivity index (χ4v) is 2.64. The Morgan fingerprint density at radius 3 is 2.64 bits per heavy atom. The maximum atomic E-state index is 11.6. The average molecular weight is 300 g/mol. The van der Waals surface area contributed by atoms with Crippen LogP contribution in [0.15, 0.2) is 28.8 Å². The first-order valence-electron chi connectivity index (χ1n) is 7.75. The summed E-state index contributed by atoms with van der Waals surface area (Å²) in [6, 6.07) is 8.08. The second-order valence-electron chi connectivity index (χ2n) is 5.38. The molecular formula is C16H20N4O2. The molecule has 0 saturated carbocycles. The molecular weight excluding hydrogens is 280 g/mol. The van der Waals surface area contributed by atoms with Gasteiger partial charge in [0.2, 0.25) is 5.82 Å². The molecule has 6 nitrogen and oxygen atoms in total. The summed E-state index contributed by atoms with van der Waals surface area (Å²) in [5.41, 5.74) is 2.07. The van der Waals surface area contributed by atoms with Gasteiger partial charge in [0.1, 0.15) is 0 Å². The van der Waals surface area contributed by atoms with Gasteiger partial charge in [0.25, 0.3) is 0 Å². The van der Waals surface area contributed by atoms with E-state index >= 15 is 0 Å². The second kappa shape index (κ2) is 6.60. The lowest BCUT2D eigenvalue weighted by Gasteiger charge is -2.28. The lowest BCUT2D eigenvalue weighted by Crippen LogP contribution is -2.29. The first kappa shape index (κ1) is 14.6. The van der Waals surface area contributed by atoms with Crippen molar-refractivity contribution in [3.8, 4) is 11.4 Å². The van der Waals surface area contributed by atoms with Crippen LogP contribution in [0.2, 0.25) is 0 Å². The number of nitrogens with zero attached hydrogens (tertiary/aromatic N) is 3. The summed E-state index contributed by atoms with van der Waals surface area (Å²) in [4.78, 5) is 18.2. The third-order valence-electron chi connectivity index (χ3n) is 3.80. The molecule has 1 amide bonds. The van der Waals surface area contributed by atoms with E-state index in [0.29, 0.717) is 12.4 Å². The summed E-state index contributed by atoms with van der Waals surface area (Å²) < 4.78 is 5.00. The van der Waals surface area contributed by atoms with Crippen molar-refractivity contribution < 1.29 is 9.32 Å². The number of benzene rings is 1. The number of carbonyl (C=O) groups is 1. The summed E-state index contributed by atoms with van der Waals surface area (Å²) in [7, 11) is 0. The Morgan fingerprint density at radius 2 is 1.95 bits per heavy atom. The van der Waals surface area contributed by atoms with Gasteiger partial charge in [-0.3, -0.25) is 4.79 Å². The van der Waals surface area contributed by atoms with Gasteiger partial charge in [0.15, 0.2) is 0 Å². The van der Waals surface area contributed by atoms with Gasteiger partial charge in [-0.05, 0) is 50.5 Å². The van der Waals surface area contributed by atoms with Crippen LogP contribution in [0.3, 0.4) is 0 Å². The number of rotatable bonds is 4. The number of carbonyl (C=O) groups excluding carboxylic acids is 1. The Balaban J connectivity index is 1.73. The van der Waals surface area contributed by atoms with E-state index in [0.717, 1.165) is 18.7 Å². The van der Waals surface area contributed by atoms with Crippen molar-refractivity contribution in [1.82, 2.24) is 15.5 Å². The summed E-state index contributed by atoms with van der Waals surface area (Å²) in [5, 5.41) is 6.51. The Morgan fingerprint density at radius 1 is 1.23 bits per heavy atom. The van der Waals surface area contributed by atoms with Crippen LogP contribution in [0.5, 0.6) is 0 Å². The van der Waals surface area contributed by atoms with Gasteiger partial charge < -0.3 is 14.7 Å². The van der Waals surface area contributed by atoms with E-state index in [1.807, 2.05) is 19.1 Å². The molecule has 2 heterocycles. The van der Waals surface area contributed by atoms with Gasteiger partial charge in [-0.15, -0.1) is 0 Å². The summed E-state index contributed by atoms with van der Waals surface area (Å²) in [5.74, 6) is 0.0922. The van der Waals surface area contributed by atoms with Crippen molar-refractivity contribution >= 4 is 11.6 Å². The Labute approximate surface area is 129 Å². The molecule has 1 saturated heterocycles. The molecule has 2 aromatic rings. The average Bonchev–Trinajstić information content (AvgIpc) is 3.06. The SMILES string of the molecule is CCNC(=O)c1nc(-c2ccc(N3CCCCC3)cc2)no1. The van der Waals surface area contributed by atoms with Gasteiger partial charge in [0, 0.05) is 30.9 Å². The number of nitrogens with one attached hydrogen (secondary N) is 1. The fourth-order valence-electron chi connectivity index (χ4n) is 2.64. The lowest BCUT2D eigenvalue weighted by atomic mass is 10.1. The minimum absolute atomic E-state index is 0.00282. The molecule has 0 aliphatic carbocycles. The molecule has 116 valence electrons. The van der Waals surface area contributed by atoms with Crippen LogP contribution in [0.4, 0.5) is 5.69 Å². The molecule has 1 aliphatic heterocycles. The van der Waals surface area contributed by atoms with E-state index in [4.69, 9.17) is 4.52 Å². The highest BCUT2D eigenvalue weighted by Crippen LogP contribution is 2.23.